The molecular weight excluding hydrogens is 264 g/mol. The van der Waals surface area contributed by atoms with E-state index in [1.165, 1.54) is 17.2 Å². The SMILES string of the molecule is Cc1ccccc1C1CCCN1c1cccc(C(=O)O)n1. The molecule has 1 fully saturated rings. The first-order valence-corrected chi connectivity index (χ1v) is 7.19. The van der Waals surface area contributed by atoms with Crippen LogP contribution in [0.25, 0.3) is 0 Å². The van der Waals surface area contributed by atoms with Crippen LogP contribution in [-0.2, 0) is 0 Å². The Labute approximate surface area is 124 Å². The minimum Gasteiger partial charge on any atom is -0.477 e. The predicted molar refractivity (Wildman–Crippen MR) is 81.7 cm³/mol. The van der Waals surface area contributed by atoms with E-state index >= 15 is 0 Å². The monoisotopic (exact) mass is 282 g/mol. The van der Waals surface area contributed by atoms with Crippen molar-refractivity contribution in [2.24, 2.45) is 0 Å². The quantitative estimate of drug-likeness (QED) is 0.937. The van der Waals surface area contributed by atoms with Crippen molar-refractivity contribution in [1.29, 1.82) is 0 Å². The number of pyridine rings is 1. The lowest BCUT2D eigenvalue weighted by Gasteiger charge is -2.27. The first-order chi connectivity index (χ1) is 10.2. The summed E-state index contributed by atoms with van der Waals surface area (Å²) in [6.07, 6.45) is 2.17. The number of aromatic nitrogens is 1. The topological polar surface area (TPSA) is 53.4 Å². The van der Waals surface area contributed by atoms with Gasteiger partial charge < -0.3 is 10.0 Å². The number of anilines is 1. The molecule has 1 aliphatic heterocycles. The van der Waals surface area contributed by atoms with Crippen LogP contribution in [0.15, 0.2) is 42.5 Å². The van der Waals surface area contributed by atoms with Crippen LogP contribution in [-0.4, -0.2) is 22.6 Å². The fourth-order valence-electron chi connectivity index (χ4n) is 3.03. The van der Waals surface area contributed by atoms with E-state index in [4.69, 9.17) is 5.11 Å². The minimum absolute atomic E-state index is 0.0999. The Morgan fingerprint density at radius 3 is 2.81 bits per heavy atom. The molecule has 1 unspecified atom stereocenters. The number of carboxylic acids is 1. The third kappa shape index (κ3) is 2.61. The molecule has 1 aromatic heterocycles. The van der Waals surface area contributed by atoms with Gasteiger partial charge in [0.25, 0.3) is 0 Å². The van der Waals surface area contributed by atoms with E-state index in [1.807, 2.05) is 12.1 Å². The largest absolute Gasteiger partial charge is 0.477 e. The summed E-state index contributed by atoms with van der Waals surface area (Å²) < 4.78 is 0. The zero-order chi connectivity index (χ0) is 14.8. The number of benzene rings is 1. The van der Waals surface area contributed by atoms with Gasteiger partial charge in [-0.15, -0.1) is 0 Å². The van der Waals surface area contributed by atoms with Crippen LogP contribution in [0, 0.1) is 6.92 Å². The van der Waals surface area contributed by atoms with E-state index in [1.54, 1.807) is 6.07 Å². The van der Waals surface area contributed by atoms with Crippen molar-refractivity contribution in [3.05, 3.63) is 59.3 Å². The Morgan fingerprint density at radius 2 is 2.05 bits per heavy atom. The first-order valence-electron chi connectivity index (χ1n) is 7.19. The molecule has 1 atom stereocenters. The molecule has 3 rings (SSSR count). The van der Waals surface area contributed by atoms with Gasteiger partial charge in [0, 0.05) is 6.54 Å². The smallest absolute Gasteiger partial charge is 0.354 e. The number of aromatic carboxylic acids is 1. The van der Waals surface area contributed by atoms with Gasteiger partial charge in [0.15, 0.2) is 5.69 Å². The third-order valence-corrected chi connectivity index (χ3v) is 4.05. The number of carbonyl (C=O) groups is 1. The summed E-state index contributed by atoms with van der Waals surface area (Å²) >= 11 is 0. The van der Waals surface area contributed by atoms with E-state index in [-0.39, 0.29) is 11.7 Å². The molecule has 4 heteroatoms. The van der Waals surface area contributed by atoms with E-state index < -0.39 is 5.97 Å². The highest BCUT2D eigenvalue weighted by atomic mass is 16.4. The summed E-state index contributed by atoms with van der Waals surface area (Å²) in [5.74, 6) is -0.232. The summed E-state index contributed by atoms with van der Waals surface area (Å²) in [6, 6.07) is 13.8. The lowest BCUT2D eigenvalue weighted by molar-refractivity contribution is 0.0690. The summed E-state index contributed by atoms with van der Waals surface area (Å²) in [6.45, 7) is 3.03. The second kappa shape index (κ2) is 5.56. The van der Waals surface area contributed by atoms with Crippen LogP contribution in [0.5, 0.6) is 0 Å². The van der Waals surface area contributed by atoms with Gasteiger partial charge in [-0.3, -0.25) is 0 Å². The molecular formula is C17H18N2O2. The molecule has 2 aromatic rings. The van der Waals surface area contributed by atoms with E-state index in [0.29, 0.717) is 0 Å². The lowest BCUT2D eigenvalue weighted by Crippen LogP contribution is -2.24. The fraction of sp³-hybridized carbons (Fsp3) is 0.294. The second-order valence-electron chi connectivity index (χ2n) is 5.39. The molecule has 21 heavy (non-hydrogen) atoms. The summed E-state index contributed by atoms with van der Waals surface area (Å²) in [5.41, 5.74) is 2.67. The molecule has 0 aliphatic carbocycles. The maximum Gasteiger partial charge on any atom is 0.354 e. The van der Waals surface area contributed by atoms with E-state index in [9.17, 15) is 4.79 Å². The molecule has 0 amide bonds. The number of carboxylic acid groups (broad SMARTS) is 1. The van der Waals surface area contributed by atoms with Gasteiger partial charge in [-0.05, 0) is 43.0 Å². The lowest BCUT2D eigenvalue weighted by atomic mass is 9.99. The maximum atomic E-state index is 11.1. The molecule has 108 valence electrons. The van der Waals surface area contributed by atoms with Gasteiger partial charge in [0.1, 0.15) is 5.82 Å². The standard InChI is InChI=1S/C17H18N2O2/c1-12-6-2-3-7-13(12)15-9-5-11-19(15)16-10-4-8-14(18-16)17(20)21/h2-4,6-8,10,15H,5,9,11H2,1H3,(H,20,21). The van der Waals surface area contributed by atoms with Crippen LogP contribution in [0.1, 0.15) is 40.5 Å². The first kappa shape index (κ1) is 13.6. The number of hydrogen-bond donors (Lipinski definition) is 1. The molecule has 2 heterocycles. The van der Waals surface area contributed by atoms with Crippen molar-refractivity contribution < 1.29 is 9.90 Å². The van der Waals surface area contributed by atoms with Crippen molar-refractivity contribution in [3.8, 4) is 0 Å². The molecule has 1 aromatic carbocycles. The van der Waals surface area contributed by atoms with E-state index in [0.717, 1.165) is 25.2 Å². The summed E-state index contributed by atoms with van der Waals surface area (Å²) in [7, 11) is 0. The fourth-order valence-corrected chi connectivity index (χ4v) is 3.03. The van der Waals surface area contributed by atoms with Gasteiger partial charge in [0.2, 0.25) is 0 Å². The minimum atomic E-state index is -0.983. The number of hydrogen-bond acceptors (Lipinski definition) is 3. The van der Waals surface area contributed by atoms with Crippen LogP contribution in [0.4, 0.5) is 5.82 Å². The normalized spacial score (nSPS) is 18.0. The molecule has 1 aliphatic rings. The van der Waals surface area contributed by atoms with Crippen LogP contribution in [0.2, 0.25) is 0 Å². The van der Waals surface area contributed by atoms with Crippen LogP contribution >= 0.6 is 0 Å². The van der Waals surface area contributed by atoms with Gasteiger partial charge in [-0.25, -0.2) is 9.78 Å². The average Bonchev–Trinajstić information content (AvgIpc) is 2.97. The maximum absolute atomic E-state index is 11.1. The van der Waals surface area contributed by atoms with Gasteiger partial charge in [0.05, 0.1) is 6.04 Å². The zero-order valence-electron chi connectivity index (χ0n) is 12.0. The Hall–Kier alpha value is -2.36. The summed E-state index contributed by atoms with van der Waals surface area (Å²) in [5, 5.41) is 9.10. The average molecular weight is 282 g/mol. The van der Waals surface area contributed by atoms with Crippen molar-refractivity contribution >= 4 is 11.8 Å². The molecule has 0 bridgehead atoms. The van der Waals surface area contributed by atoms with Gasteiger partial charge in [-0.1, -0.05) is 30.3 Å². The van der Waals surface area contributed by atoms with Crippen molar-refractivity contribution in [1.82, 2.24) is 4.98 Å². The number of aryl methyl sites for hydroxylation is 1. The summed E-state index contributed by atoms with van der Waals surface area (Å²) in [4.78, 5) is 17.6. The molecule has 4 nitrogen and oxygen atoms in total. The Kier molecular flexibility index (Phi) is 3.60. The van der Waals surface area contributed by atoms with Crippen molar-refractivity contribution in [2.45, 2.75) is 25.8 Å². The molecule has 0 radical (unpaired) electrons. The highest BCUT2D eigenvalue weighted by Crippen LogP contribution is 2.36. The van der Waals surface area contributed by atoms with Gasteiger partial charge >= 0.3 is 5.97 Å². The molecule has 0 spiro atoms. The molecule has 1 N–H and O–H groups in total. The van der Waals surface area contributed by atoms with Crippen LogP contribution < -0.4 is 4.90 Å². The highest BCUT2D eigenvalue weighted by Gasteiger charge is 2.28. The number of nitrogens with zero attached hydrogens (tertiary/aromatic N) is 2. The predicted octanol–water partition coefficient (Wildman–Crippen LogP) is 3.43. The van der Waals surface area contributed by atoms with Crippen molar-refractivity contribution in [3.63, 3.8) is 0 Å². The third-order valence-electron chi connectivity index (χ3n) is 4.05. The number of rotatable bonds is 3. The Morgan fingerprint density at radius 1 is 1.24 bits per heavy atom. The molecule has 0 saturated carbocycles. The Bertz CT molecular complexity index is 669. The van der Waals surface area contributed by atoms with Crippen LogP contribution in [0.3, 0.4) is 0 Å². The van der Waals surface area contributed by atoms with Gasteiger partial charge in [-0.2, -0.15) is 0 Å². The van der Waals surface area contributed by atoms with Crippen molar-refractivity contribution in [2.75, 3.05) is 11.4 Å². The van der Waals surface area contributed by atoms with E-state index in [2.05, 4.69) is 35.0 Å². The highest BCUT2D eigenvalue weighted by molar-refractivity contribution is 5.85. The second-order valence-corrected chi connectivity index (χ2v) is 5.39. The molecule has 1 saturated heterocycles. The Balaban J connectivity index is 1.96. The zero-order valence-corrected chi connectivity index (χ0v) is 12.0.